The molecule has 2 rings (SSSR count). The van der Waals surface area contributed by atoms with E-state index in [0.29, 0.717) is 10.2 Å². The third-order valence-corrected chi connectivity index (χ3v) is 3.35. The van der Waals surface area contributed by atoms with E-state index in [0.717, 1.165) is 12.1 Å². The second-order valence-corrected chi connectivity index (χ2v) is 5.05. The van der Waals surface area contributed by atoms with Crippen LogP contribution in [-0.2, 0) is 0 Å². The molecule has 0 radical (unpaired) electrons. The third kappa shape index (κ3) is 3.22. The summed E-state index contributed by atoms with van der Waals surface area (Å²) in [6.45, 7) is 1.36. The van der Waals surface area contributed by atoms with Crippen LogP contribution in [0.2, 0.25) is 0 Å². The summed E-state index contributed by atoms with van der Waals surface area (Å²) >= 11 is 3.19. The first-order chi connectivity index (χ1) is 9.90. The van der Waals surface area contributed by atoms with Crippen LogP contribution in [0.5, 0.6) is 0 Å². The number of pyridine rings is 1. The van der Waals surface area contributed by atoms with Crippen molar-refractivity contribution in [3.8, 4) is 0 Å². The smallest absolute Gasteiger partial charge is 0.270 e. The lowest BCUT2D eigenvalue weighted by atomic mass is 10.1. The van der Waals surface area contributed by atoms with Gasteiger partial charge in [0, 0.05) is 24.5 Å². The van der Waals surface area contributed by atoms with E-state index < -0.39 is 16.6 Å². The zero-order valence-electron chi connectivity index (χ0n) is 10.8. The molecule has 0 aliphatic carbocycles. The van der Waals surface area contributed by atoms with E-state index >= 15 is 0 Å². The maximum Gasteiger partial charge on any atom is 0.270 e. The van der Waals surface area contributed by atoms with Crippen molar-refractivity contribution in [2.75, 3.05) is 5.32 Å². The number of nitro benzene ring substituents is 1. The van der Waals surface area contributed by atoms with Gasteiger partial charge in [0.05, 0.1) is 20.6 Å². The molecule has 0 unspecified atom stereocenters. The predicted molar refractivity (Wildman–Crippen MR) is 77.7 cm³/mol. The van der Waals surface area contributed by atoms with E-state index in [4.69, 9.17) is 0 Å². The van der Waals surface area contributed by atoms with Crippen LogP contribution in [-0.4, -0.2) is 15.8 Å². The Bertz CT molecular complexity index is 737. The summed E-state index contributed by atoms with van der Waals surface area (Å²) in [5, 5.41) is 13.3. The molecule has 0 aliphatic rings. The fraction of sp³-hybridized carbons (Fsp3) is 0.0769. The lowest BCUT2D eigenvalue weighted by Gasteiger charge is -2.08. The predicted octanol–water partition coefficient (Wildman–Crippen LogP) is 3.45. The number of carbonyl (C=O) groups excluding carboxylic acids is 1. The molecule has 0 bridgehead atoms. The average molecular weight is 354 g/mol. The molecule has 1 N–H and O–H groups in total. The molecule has 0 fully saturated rings. The molecule has 0 spiro atoms. The zero-order valence-corrected chi connectivity index (χ0v) is 12.3. The first kappa shape index (κ1) is 15.0. The van der Waals surface area contributed by atoms with E-state index in [-0.39, 0.29) is 16.8 Å². The number of nitrogens with one attached hydrogen (secondary N) is 1. The van der Waals surface area contributed by atoms with Crippen molar-refractivity contribution in [1.82, 2.24) is 4.98 Å². The lowest BCUT2D eigenvalue weighted by molar-refractivity contribution is -0.385. The molecule has 108 valence electrons. The summed E-state index contributed by atoms with van der Waals surface area (Å²) in [6, 6.07) is 3.51. The van der Waals surface area contributed by atoms with E-state index in [1.165, 1.54) is 25.4 Å². The van der Waals surface area contributed by atoms with E-state index in [1.807, 2.05) is 0 Å². The maximum absolute atomic E-state index is 14.0. The van der Waals surface area contributed by atoms with Gasteiger partial charge in [-0.2, -0.15) is 0 Å². The number of aromatic nitrogens is 1. The summed E-state index contributed by atoms with van der Waals surface area (Å²) in [4.78, 5) is 26.0. The molecule has 1 heterocycles. The Labute approximate surface area is 127 Å². The second-order valence-electron chi connectivity index (χ2n) is 4.19. The number of amides is 1. The van der Waals surface area contributed by atoms with Gasteiger partial charge >= 0.3 is 0 Å². The van der Waals surface area contributed by atoms with Crippen LogP contribution < -0.4 is 5.32 Å². The number of nitro groups is 1. The number of rotatable bonds is 3. The van der Waals surface area contributed by atoms with E-state index in [2.05, 4.69) is 26.2 Å². The standard InChI is InChI=1S/C13H9BrFN3O3/c1-7-4-8(18(20)21)5-9(12(7)15)13(19)17-11-2-3-16-6-10(11)14/h2-6H,1H3,(H,16,17,19). The number of aryl methyl sites for hydroxylation is 1. The van der Waals surface area contributed by atoms with Crippen LogP contribution >= 0.6 is 15.9 Å². The number of non-ortho nitro benzene ring substituents is 1. The Hall–Kier alpha value is -2.35. The molecule has 1 aromatic heterocycles. The molecule has 1 amide bonds. The highest BCUT2D eigenvalue weighted by Crippen LogP contribution is 2.24. The van der Waals surface area contributed by atoms with Crippen LogP contribution in [0.15, 0.2) is 35.1 Å². The molecule has 21 heavy (non-hydrogen) atoms. The molecule has 0 saturated carbocycles. The minimum atomic E-state index is -0.789. The van der Waals surface area contributed by atoms with Crippen LogP contribution in [0.1, 0.15) is 15.9 Å². The van der Waals surface area contributed by atoms with Gasteiger partial charge in [-0.3, -0.25) is 19.9 Å². The average Bonchev–Trinajstić information content (AvgIpc) is 2.43. The largest absolute Gasteiger partial charge is 0.321 e. The van der Waals surface area contributed by atoms with Crippen molar-refractivity contribution in [2.45, 2.75) is 6.92 Å². The highest BCUT2D eigenvalue weighted by atomic mass is 79.9. The third-order valence-electron chi connectivity index (χ3n) is 2.72. The van der Waals surface area contributed by atoms with Crippen molar-refractivity contribution in [3.63, 3.8) is 0 Å². The fourth-order valence-electron chi connectivity index (χ4n) is 1.69. The molecule has 0 aliphatic heterocycles. The van der Waals surface area contributed by atoms with Gasteiger partial charge in [-0.1, -0.05) is 0 Å². The van der Waals surface area contributed by atoms with Gasteiger partial charge in [-0.25, -0.2) is 4.39 Å². The quantitative estimate of drug-likeness (QED) is 0.676. The molecule has 1 aromatic carbocycles. The molecule has 8 heteroatoms. The Balaban J connectivity index is 2.39. The summed E-state index contributed by atoms with van der Waals surface area (Å²) in [6.07, 6.45) is 2.92. The Kier molecular flexibility index (Phi) is 4.27. The van der Waals surface area contributed by atoms with Gasteiger partial charge < -0.3 is 5.32 Å². The van der Waals surface area contributed by atoms with Gasteiger partial charge in [-0.05, 0) is 34.5 Å². The summed E-state index contributed by atoms with van der Waals surface area (Å²) in [5.41, 5.74) is -0.306. The number of hydrogen-bond donors (Lipinski definition) is 1. The monoisotopic (exact) mass is 353 g/mol. The summed E-state index contributed by atoms with van der Waals surface area (Å²) in [5.74, 6) is -1.56. The molecule has 0 saturated heterocycles. The number of benzene rings is 1. The molecule has 2 aromatic rings. The van der Waals surface area contributed by atoms with Gasteiger partial charge in [0.25, 0.3) is 11.6 Å². The van der Waals surface area contributed by atoms with Gasteiger partial charge in [0.1, 0.15) is 5.82 Å². The SMILES string of the molecule is Cc1cc([N+](=O)[O-])cc(C(=O)Nc2ccncc2Br)c1F. The number of hydrogen-bond acceptors (Lipinski definition) is 4. The topological polar surface area (TPSA) is 85.1 Å². The van der Waals surface area contributed by atoms with Crippen molar-refractivity contribution < 1.29 is 14.1 Å². The van der Waals surface area contributed by atoms with E-state index in [1.54, 1.807) is 0 Å². The number of carbonyl (C=O) groups is 1. The highest BCUT2D eigenvalue weighted by molar-refractivity contribution is 9.10. The minimum absolute atomic E-state index is 0.0307. The number of nitrogens with zero attached hydrogens (tertiary/aromatic N) is 2. The Morgan fingerprint density at radius 2 is 2.19 bits per heavy atom. The second kappa shape index (κ2) is 5.96. The first-order valence-electron chi connectivity index (χ1n) is 5.75. The number of anilines is 1. The molecular weight excluding hydrogens is 345 g/mol. The van der Waals surface area contributed by atoms with Crippen molar-refractivity contribution in [1.29, 1.82) is 0 Å². The summed E-state index contributed by atoms with van der Waals surface area (Å²) < 4.78 is 14.5. The highest BCUT2D eigenvalue weighted by Gasteiger charge is 2.20. The van der Waals surface area contributed by atoms with Gasteiger partial charge in [-0.15, -0.1) is 0 Å². The van der Waals surface area contributed by atoms with Crippen molar-refractivity contribution in [3.05, 3.63) is 62.1 Å². The zero-order chi connectivity index (χ0) is 15.6. The van der Waals surface area contributed by atoms with Crippen LogP contribution in [0.25, 0.3) is 0 Å². The van der Waals surface area contributed by atoms with Crippen molar-refractivity contribution >= 4 is 33.2 Å². The first-order valence-corrected chi connectivity index (χ1v) is 6.55. The lowest BCUT2D eigenvalue weighted by Crippen LogP contribution is -2.15. The Morgan fingerprint density at radius 1 is 1.48 bits per heavy atom. The van der Waals surface area contributed by atoms with Crippen molar-refractivity contribution in [2.24, 2.45) is 0 Å². The van der Waals surface area contributed by atoms with Crippen LogP contribution in [0, 0.1) is 22.9 Å². The maximum atomic E-state index is 14.0. The van der Waals surface area contributed by atoms with Crippen LogP contribution in [0.4, 0.5) is 15.8 Å². The van der Waals surface area contributed by atoms with Crippen LogP contribution in [0.3, 0.4) is 0 Å². The fourth-order valence-corrected chi connectivity index (χ4v) is 2.04. The number of halogens is 2. The van der Waals surface area contributed by atoms with Gasteiger partial charge in [0.2, 0.25) is 0 Å². The minimum Gasteiger partial charge on any atom is -0.321 e. The summed E-state index contributed by atoms with van der Waals surface area (Å²) in [7, 11) is 0. The van der Waals surface area contributed by atoms with E-state index in [9.17, 15) is 19.3 Å². The molecule has 6 nitrogen and oxygen atoms in total. The molecule has 0 atom stereocenters. The normalized spacial score (nSPS) is 10.2. The Morgan fingerprint density at radius 3 is 2.81 bits per heavy atom. The molecular formula is C13H9BrFN3O3. The van der Waals surface area contributed by atoms with Gasteiger partial charge in [0.15, 0.2) is 0 Å².